The summed E-state index contributed by atoms with van der Waals surface area (Å²) in [5.41, 5.74) is 7.93. The fourth-order valence-electron chi connectivity index (χ4n) is 3.75. The van der Waals surface area contributed by atoms with E-state index in [1.165, 1.54) is 33.4 Å². The molecule has 0 N–H and O–H groups in total. The Labute approximate surface area is 168 Å². The van der Waals surface area contributed by atoms with E-state index in [1.54, 1.807) is 0 Å². The average molecular weight is 363 g/mol. The van der Waals surface area contributed by atoms with Crippen LogP contribution in [0.5, 0.6) is 0 Å². The molecule has 1 atom stereocenters. The molecule has 0 bridgehead atoms. The summed E-state index contributed by atoms with van der Waals surface area (Å²) in [4.78, 5) is 0. The quantitative estimate of drug-likeness (QED) is 0.329. The van der Waals surface area contributed by atoms with Gasteiger partial charge in [0.2, 0.25) is 0 Å². The maximum Gasteiger partial charge on any atom is -0.0178 e. The van der Waals surface area contributed by atoms with Crippen LogP contribution in [0.15, 0.2) is 109 Å². The summed E-state index contributed by atoms with van der Waals surface area (Å²) in [5, 5.41) is 0. The monoisotopic (exact) mass is 362 g/mol. The summed E-state index contributed by atoms with van der Waals surface area (Å²) >= 11 is 0. The molecule has 0 heterocycles. The van der Waals surface area contributed by atoms with E-state index in [0.717, 1.165) is 12.8 Å². The zero-order chi connectivity index (χ0) is 19.2. The first kappa shape index (κ1) is 18.3. The summed E-state index contributed by atoms with van der Waals surface area (Å²) in [5.74, 6) is 0.575. The molecule has 138 valence electrons. The van der Waals surface area contributed by atoms with Crippen molar-refractivity contribution in [1.82, 2.24) is 0 Å². The predicted octanol–water partition coefficient (Wildman–Crippen LogP) is 7.76. The highest BCUT2D eigenvalue weighted by Gasteiger charge is 2.07. The molecule has 28 heavy (non-hydrogen) atoms. The van der Waals surface area contributed by atoms with E-state index in [-0.39, 0.29) is 0 Å². The third-order valence-corrected chi connectivity index (χ3v) is 5.46. The molecule has 0 saturated carbocycles. The number of hydrogen-bond donors (Lipinski definition) is 0. The second-order valence-electron chi connectivity index (χ2n) is 7.50. The van der Waals surface area contributed by atoms with Crippen molar-refractivity contribution in [3.8, 4) is 22.3 Å². The summed E-state index contributed by atoms with van der Waals surface area (Å²) in [6, 6.07) is 39.2. The fraction of sp³-hybridized carbons (Fsp3) is 0.143. The van der Waals surface area contributed by atoms with Gasteiger partial charge in [-0.25, -0.2) is 0 Å². The summed E-state index contributed by atoms with van der Waals surface area (Å²) in [7, 11) is 0. The molecule has 1 unspecified atom stereocenters. The lowest BCUT2D eigenvalue weighted by molar-refractivity contribution is 0.680. The second-order valence-corrected chi connectivity index (χ2v) is 7.50. The molecule has 0 aliphatic rings. The van der Waals surface area contributed by atoms with Crippen molar-refractivity contribution in [2.24, 2.45) is 0 Å². The van der Waals surface area contributed by atoms with E-state index in [4.69, 9.17) is 0 Å². The smallest absolute Gasteiger partial charge is 0.0178 e. The zero-order valence-corrected chi connectivity index (χ0v) is 16.4. The lowest BCUT2D eigenvalue weighted by Crippen LogP contribution is -1.96. The Morgan fingerprint density at radius 1 is 0.536 bits per heavy atom. The van der Waals surface area contributed by atoms with Crippen LogP contribution in [0.1, 0.15) is 30.4 Å². The van der Waals surface area contributed by atoms with Crippen molar-refractivity contribution in [3.05, 3.63) is 120 Å². The topological polar surface area (TPSA) is 0 Å². The highest BCUT2D eigenvalue weighted by atomic mass is 14.1. The average Bonchev–Trinajstić information content (AvgIpc) is 2.79. The molecule has 0 spiro atoms. The van der Waals surface area contributed by atoms with Gasteiger partial charge in [-0.2, -0.15) is 0 Å². The van der Waals surface area contributed by atoms with Gasteiger partial charge in [-0.1, -0.05) is 110 Å². The lowest BCUT2D eigenvalue weighted by Gasteiger charge is -2.12. The highest BCUT2D eigenvalue weighted by molar-refractivity contribution is 5.73. The van der Waals surface area contributed by atoms with Gasteiger partial charge in [-0.15, -0.1) is 0 Å². The summed E-state index contributed by atoms with van der Waals surface area (Å²) < 4.78 is 0. The van der Waals surface area contributed by atoms with Crippen LogP contribution in [0.25, 0.3) is 22.3 Å². The Morgan fingerprint density at radius 2 is 1.07 bits per heavy atom. The van der Waals surface area contributed by atoms with Crippen LogP contribution < -0.4 is 0 Å². The molecule has 4 aromatic carbocycles. The molecule has 0 radical (unpaired) electrons. The molecule has 4 rings (SSSR count). The fourth-order valence-corrected chi connectivity index (χ4v) is 3.75. The maximum atomic E-state index is 2.35. The number of hydrogen-bond acceptors (Lipinski definition) is 0. The molecule has 0 aliphatic heterocycles. The summed E-state index contributed by atoms with van der Waals surface area (Å²) in [6.07, 6.45) is 2.26. The SMILES string of the molecule is CC(CCc1cccc(-c2cccc(-c3ccccc3)c2)c1)c1ccccc1. The minimum Gasteiger partial charge on any atom is -0.0622 e. The van der Waals surface area contributed by atoms with E-state index in [2.05, 4.69) is 116 Å². The van der Waals surface area contributed by atoms with Gasteiger partial charge in [0.1, 0.15) is 0 Å². The van der Waals surface area contributed by atoms with E-state index in [1.807, 2.05) is 0 Å². The zero-order valence-electron chi connectivity index (χ0n) is 16.4. The Bertz CT molecular complexity index is 1020. The molecule has 0 fully saturated rings. The number of aryl methyl sites for hydroxylation is 1. The molecule has 0 amide bonds. The van der Waals surface area contributed by atoms with Crippen LogP contribution in [0.4, 0.5) is 0 Å². The molecule has 0 aliphatic carbocycles. The van der Waals surface area contributed by atoms with E-state index in [9.17, 15) is 0 Å². The molecular weight excluding hydrogens is 336 g/mol. The molecule has 0 heteroatoms. The van der Waals surface area contributed by atoms with Crippen molar-refractivity contribution < 1.29 is 0 Å². The van der Waals surface area contributed by atoms with Gasteiger partial charge in [0.05, 0.1) is 0 Å². The third kappa shape index (κ3) is 4.40. The van der Waals surface area contributed by atoms with E-state index in [0.29, 0.717) is 5.92 Å². The Morgan fingerprint density at radius 3 is 1.79 bits per heavy atom. The van der Waals surface area contributed by atoms with Crippen LogP contribution in [0.2, 0.25) is 0 Å². The van der Waals surface area contributed by atoms with Crippen LogP contribution in [-0.2, 0) is 6.42 Å². The van der Waals surface area contributed by atoms with Crippen molar-refractivity contribution in [1.29, 1.82) is 0 Å². The minimum absolute atomic E-state index is 0.575. The highest BCUT2D eigenvalue weighted by Crippen LogP contribution is 2.28. The largest absolute Gasteiger partial charge is 0.0622 e. The first-order valence-corrected chi connectivity index (χ1v) is 10.1. The van der Waals surface area contributed by atoms with Gasteiger partial charge < -0.3 is 0 Å². The van der Waals surface area contributed by atoms with Crippen LogP contribution in [0, 0.1) is 0 Å². The second kappa shape index (κ2) is 8.71. The van der Waals surface area contributed by atoms with Gasteiger partial charge in [0.15, 0.2) is 0 Å². The molecular formula is C28H26. The maximum absolute atomic E-state index is 2.35. The van der Waals surface area contributed by atoms with Gasteiger partial charge in [0.25, 0.3) is 0 Å². The van der Waals surface area contributed by atoms with Crippen LogP contribution >= 0.6 is 0 Å². The van der Waals surface area contributed by atoms with Crippen molar-refractivity contribution in [2.45, 2.75) is 25.7 Å². The Hall–Kier alpha value is -3.12. The van der Waals surface area contributed by atoms with Gasteiger partial charge in [0, 0.05) is 0 Å². The first-order valence-electron chi connectivity index (χ1n) is 10.1. The van der Waals surface area contributed by atoms with Crippen molar-refractivity contribution in [2.75, 3.05) is 0 Å². The number of benzene rings is 4. The van der Waals surface area contributed by atoms with Crippen LogP contribution in [0.3, 0.4) is 0 Å². The summed E-state index contributed by atoms with van der Waals surface area (Å²) in [6.45, 7) is 2.32. The van der Waals surface area contributed by atoms with Gasteiger partial charge >= 0.3 is 0 Å². The minimum atomic E-state index is 0.575. The van der Waals surface area contributed by atoms with E-state index < -0.39 is 0 Å². The standard InChI is InChI=1S/C28H26/c1-22(24-11-4-2-5-12-24)18-19-23-10-8-15-26(20-23)28-17-9-16-27(21-28)25-13-6-3-7-14-25/h2-17,20-22H,18-19H2,1H3. The van der Waals surface area contributed by atoms with Gasteiger partial charge in [-0.05, 0) is 58.2 Å². The van der Waals surface area contributed by atoms with Crippen LogP contribution in [-0.4, -0.2) is 0 Å². The van der Waals surface area contributed by atoms with Crippen molar-refractivity contribution in [3.63, 3.8) is 0 Å². The number of rotatable bonds is 6. The molecule has 0 aromatic heterocycles. The molecule has 4 aromatic rings. The normalized spacial score (nSPS) is 11.9. The Balaban J connectivity index is 1.51. The third-order valence-electron chi connectivity index (χ3n) is 5.46. The molecule has 0 nitrogen and oxygen atoms in total. The lowest BCUT2D eigenvalue weighted by atomic mass is 9.92. The predicted molar refractivity (Wildman–Crippen MR) is 120 cm³/mol. The first-order chi connectivity index (χ1) is 13.8. The Kier molecular flexibility index (Phi) is 5.68. The molecule has 0 saturated heterocycles. The van der Waals surface area contributed by atoms with E-state index >= 15 is 0 Å². The van der Waals surface area contributed by atoms with Gasteiger partial charge in [-0.3, -0.25) is 0 Å². The van der Waals surface area contributed by atoms with Crippen molar-refractivity contribution >= 4 is 0 Å².